The van der Waals surface area contributed by atoms with Crippen LogP contribution in [-0.2, 0) is 11.8 Å². The summed E-state index contributed by atoms with van der Waals surface area (Å²) >= 11 is 0. The lowest BCUT2D eigenvalue weighted by Crippen LogP contribution is -2.42. The number of nitrogen functional groups attached to an aromatic ring is 1. The van der Waals surface area contributed by atoms with Gasteiger partial charge in [0.15, 0.2) is 11.5 Å². The van der Waals surface area contributed by atoms with Crippen LogP contribution in [0.25, 0.3) is 10.8 Å². The minimum Gasteiger partial charge on any atom is -0.492 e. The molecule has 1 saturated heterocycles. The molecule has 1 atom stereocenters. The van der Waals surface area contributed by atoms with Gasteiger partial charge >= 0.3 is 0 Å². The van der Waals surface area contributed by atoms with Crippen molar-refractivity contribution in [3.63, 3.8) is 0 Å². The number of hydrogen-bond acceptors (Lipinski definition) is 10. The molecule has 4 rings (SSSR count). The second-order valence-corrected chi connectivity index (χ2v) is 8.11. The van der Waals surface area contributed by atoms with E-state index in [1.54, 1.807) is 12.1 Å². The van der Waals surface area contributed by atoms with Crippen molar-refractivity contribution in [2.45, 2.75) is 6.10 Å². The molecule has 0 bridgehead atoms. The quantitative estimate of drug-likeness (QED) is 0.405. The molecule has 0 unspecified atom stereocenters. The summed E-state index contributed by atoms with van der Waals surface area (Å²) in [4.78, 5) is 35.5. The highest BCUT2D eigenvalue weighted by Gasteiger charge is 2.22. The second-order valence-electron chi connectivity index (χ2n) is 8.11. The van der Waals surface area contributed by atoms with Gasteiger partial charge in [0.05, 0.1) is 42.3 Å². The largest absolute Gasteiger partial charge is 0.492 e. The van der Waals surface area contributed by atoms with Gasteiger partial charge in [-0.1, -0.05) is 0 Å². The summed E-state index contributed by atoms with van der Waals surface area (Å²) in [6.45, 7) is 3.23. The Kier molecular flexibility index (Phi) is 7.44. The molecule has 1 aromatic carbocycles. The average Bonchev–Trinajstić information content (AvgIpc) is 2.89. The smallest absolute Gasteiger partial charge is 0.260 e. The Morgan fingerprint density at radius 2 is 2.00 bits per heavy atom. The standard InChI is InChI=1S/C23H28N6O6/c1-28-21(27-22(31)14-9-25-13-26-10-14)19(24)18-16(23(28)32)3-4-17(20(18)33-2)35-12-15(30)11-29-5-7-34-8-6-29/h3-4,9-10,13,15,30H,5-8,11-12,24H2,1-2H3,(H,27,31)/t15-/m1/s1. The Morgan fingerprint density at radius 3 is 2.69 bits per heavy atom. The number of carbonyl (C=O) groups is 1. The molecule has 2 aromatic heterocycles. The van der Waals surface area contributed by atoms with Crippen molar-refractivity contribution in [2.75, 3.05) is 57.6 Å². The summed E-state index contributed by atoms with van der Waals surface area (Å²) < 4.78 is 18.0. The Balaban J connectivity index is 1.63. The molecule has 1 fully saturated rings. The third-order valence-corrected chi connectivity index (χ3v) is 5.78. The number of rotatable bonds is 8. The van der Waals surface area contributed by atoms with Crippen LogP contribution < -0.4 is 26.1 Å². The second kappa shape index (κ2) is 10.7. The fourth-order valence-electron chi connectivity index (χ4n) is 3.97. The van der Waals surface area contributed by atoms with E-state index < -0.39 is 12.0 Å². The van der Waals surface area contributed by atoms with Crippen molar-refractivity contribution in [1.82, 2.24) is 19.4 Å². The Labute approximate surface area is 201 Å². The predicted octanol–water partition coefficient (Wildman–Crippen LogP) is 0.244. The number of nitrogens with zero attached hydrogens (tertiary/aromatic N) is 4. The summed E-state index contributed by atoms with van der Waals surface area (Å²) in [5.74, 6) is 0.118. The first-order valence-corrected chi connectivity index (χ1v) is 11.1. The van der Waals surface area contributed by atoms with Crippen LogP contribution in [0, 0.1) is 0 Å². The Morgan fingerprint density at radius 1 is 1.29 bits per heavy atom. The van der Waals surface area contributed by atoms with E-state index in [0.717, 1.165) is 13.1 Å². The number of ether oxygens (including phenoxy) is 3. The first-order chi connectivity index (χ1) is 16.9. The molecule has 0 radical (unpaired) electrons. The number of nitrogens with one attached hydrogen (secondary N) is 1. The third kappa shape index (κ3) is 5.19. The Bertz CT molecular complexity index is 1260. The van der Waals surface area contributed by atoms with E-state index in [1.807, 2.05) is 0 Å². The van der Waals surface area contributed by atoms with Gasteiger partial charge in [0, 0.05) is 39.1 Å². The van der Waals surface area contributed by atoms with E-state index in [9.17, 15) is 14.7 Å². The molecular weight excluding hydrogens is 456 g/mol. The molecule has 35 heavy (non-hydrogen) atoms. The number of methoxy groups -OCH3 is 1. The number of benzene rings is 1. The van der Waals surface area contributed by atoms with Gasteiger partial charge < -0.3 is 30.4 Å². The Hall–Kier alpha value is -3.74. The van der Waals surface area contributed by atoms with Crippen LogP contribution in [-0.4, -0.2) is 83.1 Å². The molecule has 3 heterocycles. The molecule has 0 spiro atoms. The number of aliphatic hydroxyl groups excluding tert-OH is 1. The van der Waals surface area contributed by atoms with Gasteiger partial charge in [-0.2, -0.15) is 0 Å². The number of fused-ring (bicyclic) bond motifs is 1. The number of carbonyl (C=O) groups excluding carboxylic acids is 1. The average molecular weight is 485 g/mol. The van der Waals surface area contributed by atoms with E-state index in [0.29, 0.717) is 36.3 Å². The number of pyridine rings is 1. The fraction of sp³-hybridized carbons (Fsp3) is 0.391. The van der Waals surface area contributed by atoms with Crippen LogP contribution in [0.2, 0.25) is 0 Å². The topological polar surface area (TPSA) is 154 Å². The SMILES string of the molecule is COc1c(OC[C@H](O)CN2CCOCC2)ccc2c(=O)n(C)c(NC(=O)c3cncnc3)c(N)c12. The van der Waals surface area contributed by atoms with Gasteiger partial charge in [0.25, 0.3) is 11.5 Å². The van der Waals surface area contributed by atoms with Crippen molar-refractivity contribution in [1.29, 1.82) is 0 Å². The van der Waals surface area contributed by atoms with Crippen LogP contribution in [0.15, 0.2) is 35.6 Å². The minimum atomic E-state index is -0.738. The molecule has 3 aromatic rings. The number of β-amino-alcohol motifs (C(OH)–C–C–N with tert-alkyl or cyclic N) is 1. The van der Waals surface area contributed by atoms with E-state index in [1.165, 1.54) is 37.4 Å². The zero-order chi connectivity index (χ0) is 24.9. The van der Waals surface area contributed by atoms with Crippen molar-refractivity contribution in [3.8, 4) is 11.5 Å². The number of morpholine rings is 1. The molecular formula is C23H28N6O6. The van der Waals surface area contributed by atoms with Gasteiger partial charge in [-0.15, -0.1) is 0 Å². The number of aromatic nitrogens is 3. The molecule has 186 valence electrons. The maximum Gasteiger partial charge on any atom is 0.260 e. The zero-order valence-electron chi connectivity index (χ0n) is 19.6. The number of aliphatic hydroxyl groups is 1. The maximum atomic E-state index is 13.1. The predicted molar refractivity (Wildman–Crippen MR) is 129 cm³/mol. The van der Waals surface area contributed by atoms with E-state index in [2.05, 4.69) is 20.2 Å². The first kappa shape index (κ1) is 24.4. The molecule has 12 nitrogen and oxygen atoms in total. The maximum absolute atomic E-state index is 13.1. The minimum absolute atomic E-state index is 0.0154. The van der Waals surface area contributed by atoms with E-state index in [4.69, 9.17) is 19.9 Å². The third-order valence-electron chi connectivity index (χ3n) is 5.78. The summed E-state index contributed by atoms with van der Waals surface area (Å²) in [5.41, 5.74) is 6.38. The van der Waals surface area contributed by atoms with Crippen LogP contribution in [0.5, 0.6) is 11.5 Å². The molecule has 1 aliphatic heterocycles. The van der Waals surface area contributed by atoms with Gasteiger partial charge in [-0.05, 0) is 12.1 Å². The van der Waals surface area contributed by atoms with Crippen molar-refractivity contribution in [3.05, 3.63) is 46.8 Å². The number of nitrogens with two attached hydrogens (primary N) is 1. The summed E-state index contributed by atoms with van der Waals surface area (Å²) in [6.07, 6.45) is 3.28. The van der Waals surface area contributed by atoms with Crippen molar-refractivity contribution < 1.29 is 24.1 Å². The molecule has 0 saturated carbocycles. The normalized spacial score (nSPS) is 15.1. The van der Waals surface area contributed by atoms with Gasteiger partial charge in [-0.3, -0.25) is 19.1 Å². The fourth-order valence-corrected chi connectivity index (χ4v) is 3.97. The van der Waals surface area contributed by atoms with E-state index >= 15 is 0 Å². The summed E-state index contributed by atoms with van der Waals surface area (Å²) in [7, 11) is 2.94. The summed E-state index contributed by atoms with van der Waals surface area (Å²) in [6, 6.07) is 3.18. The number of amides is 1. The van der Waals surface area contributed by atoms with Gasteiger partial charge in [-0.25, -0.2) is 9.97 Å². The number of hydrogen-bond donors (Lipinski definition) is 3. The monoisotopic (exact) mass is 484 g/mol. The molecule has 12 heteroatoms. The van der Waals surface area contributed by atoms with Gasteiger partial charge in [0.1, 0.15) is 24.9 Å². The van der Waals surface area contributed by atoms with Crippen LogP contribution in [0.3, 0.4) is 0 Å². The summed E-state index contributed by atoms with van der Waals surface area (Å²) in [5, 5.41) is 13.7. The lowest BCUT2D eigenvalue weighted by Gasteiger charge is -2.28. The van der Waals surface area contributed by atoms with E-state index in [-0.39, 0.29) is 35.0 Å². The lowest BCUT2D eigenvalue weighted by atomic mass is 10.1. The highest BCUT2D eigenvalue weighted by Crippen LogP contribution is 2.40. The number of anilines is 2. The molecule has 1 amide bonds. The molecule has 1 aliphatic rings. The van der Waals surface area contributed by atoms with Crippen LogP contribution in [0.4, 0.5) is 11.5 Å². The lowest BCUT2D eigenvalue weighted by molar-refractivity contribution is 0.00447. The highest BCUT2D eigenvalue weighted by molar-refractivity contribution is 6.09. The van der Waals surface area contributed by atoms with Crippen LogP contribution >= 0.6 is 0 Å². The van der Waals surface area contributed by atoms with Crippen molar-refractivity contribution in [2.24, 2.45) is 7.05 Å². The zero-order valence-corrected chi connectivity index (χ0v) is 19.6. The molecule has 4 N–H and O–H groups in total. The highest BCUT2D eigenvalue weighted by atomic mass is 16.5. The van der Waals surface area contributed by atoms with Gasteiger partial charge in [0.2, 0.25) is 0 Å². The van der Waals surface area contributed by atoms with Crippen molar-refractivity contribution >= 4 is 28.2 Å². The first-order valence-electron chi connectivity index (χ1n) is 11.1. The molecule has 0 aliphatic carbocycles. The van der Waals surface area contributed by atoms with Crippen LogP contribution in [0.1, 0.15) is 10.4 Å².